The maximum absolute atomic E-state index is 11.9. The lowest BCUT2D eigenvalue weighted by atomic mass is 10.2. The number of rotatable bonds is 5. The van der Waals surface area contributed by atoms with Crippen LogP contribution in [-0.2, 0) is 21.4 Å². The van der Waals surface area contributed by atoms with Crippen molar-refractivity contribution in [2.75, 3.05) is 23.4 Å². The molecule has 2 amide bonds. The highest BCUT2D eigenvalue weighted by Crippen LogP contribution is 2.22. The molecular weight excluding hydrogens is 324 g/mol. The number of amides is 2. The molecule has 0 unspecified atom stereocenters. The Balaban J connectivity index is 1.51. The Hall–Kier alpha value is -3.16. The molecule has 0 atom stereocenters. The third-order valence-electron chi connectivity index (χ3n) is 3.81. The number of hydrogen-bond acceptors (Lipinski definition) is 5. The van der Waals surface area contributed by atoms with Gasteiger partial charge >= 0.3 is 5.97 Å². The molecule has 25 heavy (non-hydrogen) atoms. The molecule has 1 saturated heterocycles. The molecule has 1 aromatic heterocycles. The summed E-state index contributed by atoms with van der Waals surface area (Å²) in [7, 11) is 1.68. The Morgan fingerprint density at radius 2 is 2.04 bits per heavy atom. The fraction of sp³-hybridized carbons (Fsp3) is 0.294. The largest absolute Gasteiger partial charge is 0.452 e. The van der Waals surface area contributed by atoms with E-state index < -0.39 is 11.9 Å². The van der Waals surface area contributed by atoms with E-state index in [0.717, 1.165) is 18.7 Å². The van der Waals surface area contributed by atoms with Crippen LogP contribution in [0.25, 0.3) is 0 Å². The van der Waals surface area contributed by atoms with Crippen LogP contribution in [0, 0.1) is 0 Å². The molecule has 2 heterocycles. The molecule has 8 nitrogen and oxygen atoms in total. The summed E-state index contributed by atoms with van der Waals surface area (Å²) in [5.74, 6) is -0.938. The monoisotopic (exact) mass is 342 g/mol. The van der Waals surface area contributed by atoms with E-state index in [2.05, 4.69) is 10.4 Å². The normalized spacial score (nSPS) is 13.8. The second-order valence-corrected chi connectivity index (χ2v) is 5.72. The van der Waals surface area contributed by atoms with Gasteiger partial charge in [-0.3, -0.25) is 14.3 Å². The minimum absolute atomic E-state index is 0.110. The Bertz CT molecular complexity index is 797. The van der Waals surface area contributed by atoms with Crippen LogP contribution in [0.15, 0.2) is 36.7 Å². The van der Waals surface area contributed by atoms with Crippen molar-refractivity contribution in [2.45, 2.75) is 12.8 Å². The zero-order chi connectivity index (χ0) is 17.8. The maximum Gasteiger partial charge on any atom is 0.341 e. The van der Waals surface area contributed by atoms with Crippen molar-refractivity contribution in [1.29, 1.82) is 0 Å². The van der Waals surface area contributed by atoms with E-state index in [4.69, 9.17) is 4.74 Å². The van der Waals surface area contributed by atoms with Gasteiger partial charge in [-0.1, -0.05) is 0 Å². The molecular formula is C17H18N4O4. The van der Waals surface area contributed by atoms with Crippen molar-refractivity contribution in [1.82, 2.24) is 9.78 Å². The maximum atomic E-state index is 11.9. The van der Waals surface area contributed by atoms with Crippen molar-refractivity contribution >= 4 is 29.2 Å². The summed E-state index contributed by atoms with van der Waals surface area (Å²) in [6.07, 6.45) is 4.32. The molecule has 3 rings (SSSR count). The number of carbonyl (C=O) groups excluding carboxylic acids is 3. The molecule has 0 bridgehead atoms. The topological polar surface area (TPSA) is 93.5 Å². The first-order valence-corrected chi connectivity index (χ1v) is 7.89. The van der Waals surface area contributed by atoms with Crippen LogP contribution in [-0.4, -0.2) is 40.7 Å². The van der Waals surface area contributed by atoms with Crippen molar-refractivity contribution in [3.05, 3.63) is 42.2 Å². The number of anilines is 2. The first-order valence-electron chi connectivity index (χ1n) is 7.89. The number of aromatic nitrogens is 2. The molecule has 8 heteroatoms. The summed E-state index contributed by atoms with van der Waals surface area (Å²) in [6, 6.07) is 6.98. The van der Waals surface area contributed by atoms with Gasteiger partial charge in [0.15, 0.2) is 6.61 Å². The number of carbonyl (C=O) groups is 3. The van der Waals surface area contributed by atoms with Crippen LogP contribution in [0.5, 0.6) is 0 Å². The molecule has 0 aliphatic carbocycles. The molecule has 1 fully saturated rings. The molecule has 1 aromatic carbocycles. The van der Waals surface area contributed by atoms with Gasteiger partial charge in [-0.15, -0.1) is 0 Å². The number of aryl methyl sites for hydroxylation is 1. The average Bonchev–Trinajstić information content (AvgIpc) is 3.22. The lowest BCUT2D eigenvalue weighted by Crippen LogP contribution is -2.23. The molecule has 0 saturated carbocycles. The Morgan fingerprint density at radius 3 is 2.64 bits per heavy atom. The molecule has 1 N–H and O–H groups in total. The van der Waals surface area contributed by atoms with Gasteiger partial charge in [0, 0.05) is 37.6 Å². The Morgan fingerprint density at radius 1 is 1.28 bits per heavy atom. The number of hydrogen-bond donors (Lipinski definition) is 1. The van der Waals surface area contributed by atoms with Crippen molar-refractivity contribution in [2.24, 2.45) is 7.05 Å². The van der Waals surface area contributed by atoms with Gasteiger partial charge in [0.05, 0.1) is 11.8 Å². The summed E-state index contributed by atoms with van der Waals surface area (Å²) in [6.45, 7) is 0.328. The number of ether oxygens (including phenoxy) is 1. The fourth-order valence-corrected chi connectivity index (χ4v) is 2.58. The smallest absolute Gasteiger partial charge is 0.341 e. The molecule has 0 radical (unpaired) electrons. The van der Waals surface area contributed by atoms with Crippen LogP contribution in [0.3, 0.4) is 0 Å². The zero-order valence-electron chi connectivity index (χ0n) is 13.8. The van der Waals surface area contributed by atoms with E-state index in [1.54, 1.807) is 36.2 Å². The molecule has 0 spiro atoms. The Kier molecular flexibility index (Phi) is 4.78. The Labute approximate surface area is 144 Å². The van der Waals surface area contributed by atoms with E-state index in [1.165, 1.54) is 17.1 Å². The van der Waals surface area contributed by atoms with Crippen molar-refractivity contribution in [3.63, 3.8) is 0 Å². The summed E-state index contributed by atoms with van der Waals surface area (Å²) >= 11 is 0. The highest BCUT2D eigenvalue weighted by Gasteiger charge is 2.21. The average molecular weight is 342 g/mol. The number of nitrogens with zero attached hydrogens (tertiary/aromatic N) is 3. The van der Waals surface area contributed by atoms with E-state index in [9.17, 15) is 14.4 Å². The SMILES string of the molecule is Cn1cc(C(=O)OCC(=O)Nc2ccc(N3CCCC3=O)cc2)cn1. The van der Waals surface area contributed by atoms with Crippen LogP contribution >= 0.6 is 0 Å². The second-order valence-electron chi connectivity index (χ2n) is 5.72. The zero-order valence-corrected chi connectivity index (χ0v) is 13.8. The summed E-state index contributed by atoms with van der Waals surface area (Å²) in [5.41, 5.74) is 1.66. The van der Waals surface area contributed by atoms with Gasteiger partial charge in [0.1, 0.15) is 0 Å². The van der Waals surface area contributed by atoms with E-state index in [-0.39, 0.29) is 18.1 Å². The van der Waals surface area contributed by atoms with Crippen LogP contribution in [0.1, 0.15) is 23.2 Å². The summed E-state index contributed by atoms with van der Waals surface area (Å²) in [4.78, 5) is 37.0. The highest BCUT2D eigenvalue weighted by atomic mass is 16.5. The lowest BCUT2D eigenvalue weighted by Gasteiger charge is -2.16. The van der Waals surface area contributed by atoms with Crippen molar-refractivity contribution in [3.8, 4) is 0 Å². The molecule has 1 aliphatic heterocycles. The van der Waals surface area contributed by atoms with Gasteiger partial charge in [-0.2, -0.15) is 5.10 Å². The van der Waals surface area contributed by atoms with Crippen LogP contribution < -0.4 is 10.2 Å². The minimum Gasteiger partial charge on any atom is -0.452 e. The van der Waals surface area contributed by atoms with Gasteiger partial charge < -0.3 is 15.0 Å². The van der Waals surface area contributed by atoms with Crippen LogP contribution in [0.2, 0.25) is 0 Å². The first-order chi connectivity index (χ1) is 12.0. The molecule has 130 valence electrons. The first kappa shape index (κ1) is 16.7. The summed E-state index contributed by atoms with van der Waals surface area (Å²) < 4.78 is 6.41. The quantitative estimate of drug-likeness (QED) is 0.828. The number of benzene rings is 1. The van der Waals surface area contributed by atoms with E-state index in [1.807, 2.05) is 0 Å². The predicted octanol–water partition coefficient (Wildman–Crippen LogP) is 1.34. The second kappa shape index (κ2) is 7.16. The third-order valence-corrected chi connectivity index (χ3v) is 3.81. The number of nitrogens with one attached hydrogen (secondary N) is 1. The predicted molar refractivity (Wildman–Crippen MR) is 90.1 cm³/mol. The van der Waals surface area contributed by atoms with Gasteiger partial charge in [0.2, 0.25) is 5.91 Å². The fourth-order valence-electron chi connectivity index (χ4n) is 2.58. The summed E-state index contributed by atoms with van der Waals surface area (Å²) in [5, 5.41) is 6.51. The molecule has 2 aromatic rings. The van der Waals surface area contributed by atoms with E-state index in [0.29, 0.717) is 12.1 Å². The standard InChI is InChI=1S/C17H18N4O4/c1-20-10-12(9-18-20)17(24)25-11-15(22)19-13-4-6-14(7-5-13)21-8-2-3-16(21)23/h4-7,9-10H,2-3,8,11H2,1H3,(H,19,22). The van der Waals surface area contributed by atoms with Gasteiger partial charge in [-0.25, -0.2) is 4.79 Å². The minimum atomic E-state index is -0.605. The third kappa shape index (κ3) is 4.03. The molecule has 1 aliphatic rings. The van der Waals surface area contributed by atoms with Gasteiger partial charge in [-0.05, 0) is 30.7 Å². The number of esters is 1. The van der Waals surface area contributed by atoms with Crippen LogP contribution in [0.4, 0.5) is 11.4 Å². The van der Waals surface area contributed by atoms with Gasteiger partial charge in [0.25, 0.3) is 5.91 Å². The highest BCUT2D eigenvalue weighted by molar-refractivity contribution is 5.97. The van der Waals surface area contributed by atoms with Crippen molar-refractivity contribution < 1.29 is 19.1 Å². The van der Waals surface area contributed by atoms with E-state index >= 15 is 0 Å². The lowest BCUT2D eigenvalue weighted by molar-refractivity contribution is -0.119.